The lowest BCUT2D eigenvalue weighted by molar-refractivity contribution is -0.297. The van der Waals surface area contributed by atoms with Crippen molar-refractivity contribution >= 4 is 17.5 Å². The number of pyridine rings is 1. The van der Waals surface area contributed by atoms with Crippen LogP contribution in [0.1, 0.15) is 17.5 Å². The van der Waals surface area contributed by atoms with E-state index in [9.17, 15) is 14.0 Å². The molecular weight excluding hydrogens is 425 g/mol. The molecule has 0 bridgehead atoms. The monoisotopic (exact) mass is 449 g/mol. The molecule has 0 radical (unpaired) electrons. The van der Waals surface area contributed by atoms with Crippen molar-refractivity contribution in [1.82, 2.24) is 14.8 Å². The number of piperazine rings is 1. The molecule has 3 heterocycles. The molecule has 2 aliphatic heterocycles. The molecule has 1 fully saturated rings. The highest BCUT2D eigenvalue weighted by Gasteiger charge is 2.48. The Morgan fingerprint density at radius 2 is 1.82 bits per heavy atom. The molecule has 0 saturated carbocycles. The van der Waals surface area contributed by atoms with E-state index in [1.165, 1.54) is 6.20 Å². The van der Waals surface area contributed by atoms with Crippen molar-refractivity contribution in [1.29, 1.82) is 0 Å². The number of benzene rings is 1. The zero-order chi connectivity index (χ0) is 23.0. The lowest BCUT2D eigenvalue weighted by Gasteiger charge is -2.46. The molecule has 33 heavy (non-hydrogen) atoms. The molecule has 7 nitrogen and oxygen atoms in total. The normalized spacial score (nSPS) is 20.2. The van der Waals surface area contributed by atoms with Crippen LogP contribution in [0.2, 0.25) is 0 Å². The molecule has 1 spiro atoms. The number of nitrogens with zero attached hydrogens (tertiary/aromatic N) is 3. The number of carbonyl (C=O) groups excluding carboxylic acids is 2. The first kappa shape index (κ1) is 21.5. The first-order valence-corrected chi connectivity index (χ1v) is 10.9. The standard InChI is InChI=1S/C25H24FN3O4/c1-28-13-14-29(25(16-28)32-23(30)7-8-24(31)33-25)12-10-17-5-6-20-18(17)3-2-4-19(20)21-9-11-27-15-22(21)26/h2-5,7-9,11,15H,6,10,12-14,16H2,1H3. The highest BCUT2D eigenvalue weighted by molar-refractivity contribution is 5.93. The van der Waals surface area contributed by atoms with E-state index >= 15 is 0 Å². The predicted octanol–water partition coefficient (Wildman–Crippen LogP) is 2.77. The van der Waals surface area contributed by atoms with Crippen molar-refractivity contribution in [3.8, 4) is 11.1 Å². The van der Waals surface area contributed by atoms with Gasteiger partial charge in [-0.15, -0.1) is 0 Å². The Morgan fingerprint density at radius 3 is 2.58 bits per heavy atom. The van der Waals surface area contributed by atoms with Gasteiger partial charge in [0.1, 0.15) is 5.82 Å². The van der Waals surface area contributed by atoms with Crippen LogP contribution in [0.15, 0.2) is 54.9 Å². The second kappa shape index (κ2) is 8.53. The molecule has 1 saturated heterocycles. The van der Waals surface area contributed by atoms with E-state index in [-0.39, 0.29) is 12.4 Å². The highest BCUT2D eigenvalue weighted by Crippen LogP contribution is 2.38. The van der Waals surface area contributed by atoms with Crippen molar-refractivity contribution in [2.45, 2.75) is 18.8 Å². The van der Waals surface area contributed by atoms with Crippen LogP contribution in [0.3, 0.4) is 0 Å². The Hall–Kier alpha value is -3.36. The van der Waals surface area contributed by atoms with Crippen LogP contribution in [0.5, 0.6) is 0 Å². The maximum Gasteiger partial charge on any atom is 0.335 e. The van der Waals surface area contributed by atoms with Crippen LogP contribution >= 0.6 is 0 Å². The Balaban J connectivity index is 1.38. The summed E-state index contributed by atoms with van der Waals surface area (Å²) in [4.78, 5) is 32.0. The van der Waals surface area contributed by atoms with Gasteiger partial charge in [0, 0.05) is 43.5 Å². The molecule has 5 rings (SSSR count). The highest BCUT2D eigenvalue weighted by atomic mass is 19.1. The van der Waals surface area contributed by atoms with E-state index in [1.807, 2.05) is 35.0 Å². The van der Waals surface area contributed by atoms with Crippen molar-refractivity contribution in [2.75, 3.05) is 33.2 Å². The summed E-state index contributed by atoms with van der Waals surface area (Å²) in [6.45, 7) is 2.14. The fourth-order valence-electron chi connectivity index (χ4n) is 4.78. The lowest BCUT2D eigenvalue weighted by atomic mass is 9.94. The fraction of sp³-hybridized carbons (Fsp3) is 0.320. The number of fused-ring (bicyclic) bond motifs is 1. The second-order valence-corrected chi connectivity index (χ2v) is 8.48. The molecule has 8 heteroatoms. The first-order chi connectivity index (χ1) is 15.9. The molecule has 1 aliphatic carbocycles. The maximum atomic E-state index is 14.4. The summed E-state index contributed by atoms with van der Waals surface area (Å²) >= 11 is 0. The van der Waals surface area contributed by atoms with Gasteiger partial charge >= 0.3 is 17.8 Å². The van der Waals surface area contributed by atoms with Crippen molar-refractivity contribution < 1.29 is 23.5 Å². The second-order valence-electron chi connectivity index (χ2n) is 8.48. The van der Waals surface area contributed by atoms with Gasteiger partial charge in [0.25, 0.3) is 0 Å². The summed E-state index contributed by atoms with van der Waals surface area (Å²) in [5.74, 6) is -3.00. The Bertz CT molecular complexity index is 1160. The van der Waals surface area contributed by atoms with Gasteiger partial charge in [-0.05, 0) is 48.2 Å². The summed E-state index contributed by atoms with van der Waals surface area (Å²) in [6, 6.07) is 7.61. The summed E-state index contributed by atoms with van der Waals surface area (Å²) < 4.78 is 25.6. The number of aromatic nitrogens is 1. The zero-order valence-electron chi connectivity index (χ0n) is 18.3. The Labute approximate surface area is 191 Å². The Morgan fingerprint density at radius 1 is 1.06 bits per heavy atom. The van der Waals surface area contributed by atoms with Gasteiger partial charge < -0.3 is 9.47 Å². The molecule has 3 aliphatic rings. The topological polar surface area (TPSA) is 72.0 Å². The number of esters is 2. The molecule has 0 amide bonds. The summed E-state index contributed by atoms with van der Waals surface area (Å²) in [5.41, 5.74) is 4.72. The third-order valence-electron chi connectivity index (χ3n) is 6.37. The number of hydrogen-bond acceptors (Lipinski definition) is 7. The van der Waals surface area contributed by atoms with E-state index in [4.69, 9.17) is 9.47 Å². The van der Waals surface area contributed by atoms with Crippen LogP contribution < -0.4 is 0 Å². The minimum atomic E-state index is -1.45. The summed E-state index contributed by atoms with van der Waals surface area (Å²) in [7, 11) is 1.90. The van der Waals surface area contributed by atoms with E-state index in [0.717, 1.165) is 41.0 Å². The molecule has 0 unspecified atom stereocenters. The minimum absolute atomic E-state index is 0.271. The number of allylic oxidation sites excluding steroid dienone is 1. The van der Waals surface area contributed by atoms with Gasteiger partial charge in [-0.1, -0.05) is 24.3 Å². The van der Waals surface area contributed by atoms with E-state index in [1.54, 1.807) is 12.3 Å². The van der Waals surface area contributed by atoms with E-state index in [2.05, 4.69) is 11.1 Å². The molecule has 170 valence electrons. The van der Waals surface area contributed by atoms with Crippen LogP contribution in [0.4, 0.5) is 4.39 Å². The minimum Gasteiger partial charge on any atom is -0.404 e. The first-order valence-electron chi connectivity index (χ1n) is 10.9. The van der Waals surface area contributed by atoms with Gasteiger partial charge in [-0.2, -0.15) is 0 Å². The van der Waals surface area contributed by atoms with E-state index in [0.29, 0.717) is 31.5 Å². The van der Waals surface area contributed by atoms with Crippen molar-refractivity contribution in [3.63, 3.8) is 0 Å². The van der Waals surface area contributed by atoms with Crippen molar-refractivity contribution in [3.05, 3.63) is 71.8 Å². The summed E-state index contributed by atoms with van der Waals surface area (Å²) in [6.07, 6.45) is 8.56. The fourth-order valence-corrected chi connectivity index (χ4v) is 4.78. The number of ether oxygens (including phenoxy) is 2. The third kappa shape index (κ3) is 4.07. The van der Waals surface area contributed by atoms with Gasteiger partial charge in [0.15, 0.2) is 0 Å². The van der Waals surface area contributed by atoms with Crippen LogP contribution in [-0.2, 0) is 25.5 Å². The smallest absolute Gasteiger partial charge is 0.335 e. The number of carbonyl (C=O) groups is 2. The van der Waals surface area contributed by atoms with E-state index < -0.39 is 17.8 Å². The number of rotatable bonds is 4. The SMILES string of the molecule is CN1CCN(CCC2=CCc3c2cccc3-c2ccncc2F)C2(C1)OC(=O)C=CC(=O)O2. The lowest BCUT2D eigenvalue weighted by Crippen LogP contribution is -2.65. The zero-order valence-corrected chi connectivity index (χ0v) is 18.3. The number of halogens is 1. The molecule has 0 atom stereocenters. The maximum absolute atomic E-state index is 14.4. The Kier molecular flexibility index (Phi) is 5.55. The average molecular weight is 449 g/mol. The van der Waals surface area contributed by atoms with Crippen LogP contribution in [0.25, 0.3) is 16.7 Å². The largest absolute Gasteiger partial charge is 0.404 e. The van der Waals surface area contributed by atoms with Gasteiger partial charge in [0.05, 0.1) is 12.7 Å². The van der Waals surface area contributed by atoms with Crippen molar-refractivity contribution in [2.24, 2.45) is 0 Å². The molecule has 2 aromatic rings. The molecule has 1 aromatic heterocycles. The molecule has 1 aromatic carbocycles. The van der Waals surface area contributed by atoms with Gasteiger partial charge in [0.2, 0.25) is 0 Å². The van der Waals surface area contributed by atoms with Crippen LogP contribution in [0, 0.1) is 5.82 Å². The van der Waals surface area contributed by atoms with Gasteiger partial charge in [-0.3, -0.25) is 9.88 Å². The average Bonchev–Trinajstić information content (AvgIpc) is 3.14. The number of hydrogen-bond donors (Lipinski definition) is 0. The summed E-state index contributed by atoms with van der Waals surface area (Å²) in [5, 5.41) is 0. The number of likely N-dealkylation sites (N-methyl/N-ethyl adjacent to an activating group) is 1. The quantitative estimate of drug-likeness (QED) is 0.665. The third-order valence-corrected chi connectivity index (χ3v) is 6.37. The molecule has 0 N–H and O–H groups in total. The van der Waals surface area contributed by atoms with Gasteiger partial charge in [-0.25, -0.2) is 18.9 Å². The predicted molar refractivity (Wildman–Crippen MR) is 119 cm³/mol. The van der Waals surface area contributed by atoms with Crippen LogP contribution in [-0.4, -0.2) is 65.9 Å². The molecular formula is C25H24FN3O4.